The predicted octanol–water partition coefficient (Wildman–Crippen LogP) is 2.13. The molecule has 1 saturated heterocycles. The van der Waals surface area contributed by atoms with E-state index in [1.54, 1.807) is 6.92 Å². The van der Waals surface area contributed by atoms with Crippen molar-refractivity contribution in [1.82, 2.24) is 0 Å². The first-order valence-electron chi connectivity index (χ1n) is 6.71. The quantitative estimate of drug-likeness (QED) is 0.633. The second-order valence-corrected chi connectivity index (χ2v) is 6.93. The first kappa shape index (κ1) is 18.0. The number of sulfonamides is 1. The molecule has 0 spiro atoms. The molecular formula is C13H14F3N3O4S. The maximum Gasteiger partial charge on any atom is 0.516 e. The smallest absolute Gasteiger partial charge is 0.410 e. The Hall–Kier alpha value is -2.30. The summed E-state index contributed by atoms with van der Waals surface area (Å²) in [5, 5.41) is 11.6. The number of hydrogen-bond acceptors (Lipinski definition) is 5. The van der Waals surface area contributed by atoms with Gasteiger partial charge in [-0.1, -0.05) is 11.2 Å². The highest BCUT2D eigenvalue weighted by atomic mass is 32.2. The first-order chi connectivity index (χ1) is 11.0. The number of alkyl halides is 3. The number of carbonyl (C=O) groups excluding carboxylic acids is 1. The molecule has 0 saturated carbocycles. The number of carbonyl (C=O) groups is 1. The summed E-state index contributed by atoms with van der Waals surface area (Å²) in [6, 6.07) is 2.62. The van der Waals surface area contributed by atoms with Gasteiger partial charge in [0.25, 0.3) is 5.91 Å². The fourth-order valence-electron chi connectivity index (χ4n) is 2.35. The van der Waals surface area contributed by atoms with Gasteiger partial charge in [-0.15, -0.1) is 0 Å². The van der Waals surface area contributed by atoms with E-state index in [4.69, 9.17) is 5.21 Å². The number of benzene rings is 1. The van der Waals surface area contributed by atoms with Gasteiger partial charge in [0.05, 0.1) is 5.69 Å². The number of amides is 1. The Bertz CT molecular complexity index is 818. The van der Waals surface area contributed by atoms with Crippen LogP contribution in [-0.4, -0.2) is 37.3 Å². The van der Waals surface area contributed by atoms with Crippen molar-refractivity contribution < 1.29 is 31.6 Å². The van der Waals surface area contributed by atoms with Crippen molar-refractivity contribution in [2.24, 2.45) is 5.16 Å². The van der Waals surface area contributed by atoms with Crippen molar-refractivity contribution >= 4 is 33.0 Å². The first-order valence-corrected chi connectivity index (χ1v) is 8.19. The highest BCUT2D eigenvalue weighted by Gasteiger charge is 2.46. The summed E-state index contributed by atoms with van der Waals surface area (Å²) in [5.74, 6) is -0.589. The van der Waals surface area contributed by atoms with Crippen molar-refractivity contribution in [2.75, 3.05) is 16.2 Å². The SMILES string of the molecule is Cc1cc(C)c(N2CCC(=NO)C2=O)cc1NS(=O)(=O)C(F)(F)F. The third kappa shape index (κ3) is 3.16. The summed E-state index contributed by atoms with van der Waals surface area (Å²) in [6.07, 6.45) is 0.173. The minimum absolute atomic E-state index is 0.0765. The van der Waals surface area contributed by atoms with Crippen LogP contribution in [0.25, 0.3) is 0 Å². The highest BCUT2D eigenvalue weighted by Crippen LogP contribution is 2.33. The van der Waals surface area contributed by atoms with Crippen LogP contribution in [0.4, 0.5) is 24.5 Å². The van der Waals surface area contributed by atoms with Crippen molar-refractivity contribution in [3.8, 4) is 0 Å². The fourth-order valence-corrected chi connectivity index (χ4v) is 2.97. The van der Waals surface area contributed by atoms with Crippen LogP contribution in [0.1, 0.15) is 17.5 Å². The van der Waals surface area contributed by atoms with Crippen LogP contribution < -0.4 is 9.62 Å². The number of rotatable bonds is 3. The molecule has 0 aliphatic carbocycles. The lowest BCUT2D eigenvalue weighted by atomic mass is 10.1. The monoisotopic (exact) mass is 365 g/mol. The number of nitrogens with zero attached hydrogens (tertiary/aromatic N) is 2. The summed E-state index contributed by atoms with van der Waals surface area (Å²) in [5.41, 5.74) is -4.74. The van der Waals surface area contributed by atoms with E-state index in [-0.39, 0.29) is 35.6 Å². The lowest BCUT2D eigenvalue weighted by molar-refractivity contribution is -0.112. The normalized spacial score (nSPS) is 17.6. The van der Waals surface area contributed by atoms with Gasteiger partial charge in [0.15, 0.2) is 0 Å². The molecule has 0 radical (unpaired) electrons. The summed E-state index contributed by atoms with van der Waals surface area (Å²) >= 11 is 0. The molecule has 1 heterocycles. The molecule has 0 aromatic heterocycles. The van der Waals surface area contributed by atoms with Gasteiger partial charge in [0.2, 0.25) is 0 Å². The zero-order chi connectivity index (χ0) is 18.3. The minimum atomic E-state index is -5.57. The Morgan fingerprint density at radius 1 is 1.25 bits per heavy atom. The van der Waals surface area contributed by atoms with Gasteiger partial charge in [0.1, 0.15) is 5.71 Å². The van der Waals surface area contributed by atoms with Gasteiger partial charge < -0.3 is 10.1 Å². The summed E-state index contributed by atoms with van der Waals surface area (Å²) in [4.78, 5) is 13.3. The molecule has 2 rings (SSSR count). The Labute approximate surface area is 135 Å². The van der Waals surface area contributed by atoms with E-state index in [2.05, 4.69) is 5.16 Å². The van der Waals surface area contributed by atoms with Crippen molar-refractivity contribution in [3.05, 3.63) is 23.3 Å². The molecule has 11 heteroatoms. The van der Waals surface area contributed by atoms with Crippen LogP contribution in [0, 0.1) is 13.8 Å². The standard InChI is InChI=1S/C13H14F3N3O4S/c1-7-5-8(2)11(19-4-3-9(17-21)12(19)20)6-10(7)18-24(22,23)13(14,15)16/h5-6,18,21H,3-4H2,1-2H3. The molecule has 1 aromatic carbocycles. The van der Waals surface area contributed by atoms with Crippen LogP contribution in [0.15, 0.2) is 17.3 Å². The number of hydrogen-bond donors (Lipinski definition) is 2. The van der Waals surface area contributed by atoms with E-state index in [9.17, 15) is 26.4 Å². The molecule has 1 aromatic rings. The van der Waals surface area contributed by atoms with Crippen molar-refractivity contribution in [1.29, 1.82) is 0 Å². The maximum absolute atomic E-state index is 12.5. The summed E-state index contributed by atoms with van der Waals surface area (Å²) < 4.78 is 61.7. The van der Waals surface area contributed by atoms with Crippen LogP contribution in [0.5, 0.6) is 0 Å². The van der Waals surface area contributed by atoms with E-state index in [0.717, 1.165) is 6.07 Å². The third-order valence-corrected chi connectivity index (χ3v) is 4.67. The van der Waals surface area contributed by atoms with Crippen LogP contribution in [0.2, 0.25) is 0 Å². The molecule has 1 amide bonds. The van der Waals surface area contributed by atoms with Gasteiger partial charge in [-0.05, 0) is 31.0 Å². The molecule has 1 aliphatic heterocycles. The lowest BCUT2D eigenvalue weighted by Crippen LogP contribution is -2.31. The molecule has 0 atom stereocenters. The zero-order valence-electron chi connectivity index (χ0n) is 12.7. The number of anilines is 2. The highest BCUT2D eigenvalue weighted by molar-refractivity contribution is 7.93. The van der Waals surface area contributed by atoms with E-state index in [1.807, 2.05) is 0 Å². The summed E-state index contributed by atoms with van der Waals surface area (Å²) in [6.45, 7) is 3.25. The molecule has 0 unspecified atom stereocenters. The second-order valence-electron chi connectivity index (χ2n) is 5.26. The Morgan fingerprint density at radius 3 is 2.38 bits per heavy atom. The predicted molar refractivity (Wildman–Crippen MR) is 80.7 cm³/mol. The molecule has 1 fully saturated rings. The van der Waals surface area contributed by atoms with Crippen molar-refractivity contribution in [3.63, 3.8) is 0 Å². The van der Waals surface area contributed by atoms with Crippen LogP contribution >= 0.6 is 0 Å². The Kier molecular flexibility index (Phi) is 4.48. The molecule has 132 valence electrons. The molecule has 7 nitrogen and oxygen atoms in total. The second kappa shape index (κ2) is 5.96. The molecular weight excluding hydrogens is 351 g/mol. The average molecular weight is 365 g/mol. The number of aryl methyl sites for hydroxylation is 2. The summed E-state index contributed by atoms with van der Waals surface area (Å²) in [7, 11) is -5.57. The minimum Gasteiger partial charge on any atom is -0.410 e. The zero-order valence-corrected chi connectivity index (χ0v) is 13.5. The van der Waals surface area contributed by atoms with Gasteiger partial charge in [-0.3, -0.25) is 9.52 Å². The Morgan fingerprint density at radius 2 is 1.88 bits per heavy atom. The van der Waals surface area contributed by atoms with Gasteiger partial charge in [-0.25, -0.2) is 0 Å². The molecule has 24 heavy (non-hydrogen) atoms. The van der Waals surface area contributed by atoms with E-state index in [1.165, 1.54) is 22.6 Å². The van der Waals surface area contributed by atoms with Crippen LogP contribution in [0.3, 0.4) is 0 Å². The third-order valence-electron chi connectivity index (χ3n) is 3.57. The van der Waals surface area contributed by atoms with Crippen molar-refractivity contribution in [2.45, 2.75) is 25.8 Å². The van der Waals surface area contributed by atoms with Gasteiger partial charge >= 0.3 is 15.5 Å². The lowest BCUT2D eigenvalue weighted by Gasteiger charge is -2.21. The largest absolute Gasteiger partial charge is 0.516 e. The fraction of sp³-hybridized carbons (Fsp3) is 0.385. The topological polar surface area (TPSA) is 99.1 Å². The average Bonchev–Trinajstić information content (AvgIpc) is 2.81. The number of nitrogens with one attached hydrogen (secondary N) is 1. The molecule has 2 N–H and O–H groups in total. The maximum atomic E-state index is 12.5. The number of oxime groups is 1. The van der Waals surface area contributed by atoms with Crippen LogP contribution in [-0.2, 0) is 14.8 Å². The van der Waals surface area contributed by atoms with E-state index in [0.29, 0.717) is 5.56 Å². The van der Waals surface area contributed by atoms with E-state index >= 15 is 0 Å². The van der Waals surface area contributed by atoms with Gasteiger partial charge in [-0.2, -0.15) is 21.6 Å². The molecule has 1 aliphatic rings. The van der Waals surface area contributed by atoms with Gasteiger partial charge in [0, 0.05) is 18.7 Å². The molecule has 0 bridgehead atoms. The van der Waals surface area contributed by atoms with E-state index < -0.39 is 21.4 Å². The Balaban J connectivity index is 2.45. The number of halogens is 3.